The fraction of sp³-hybridized carbons (Fsp3) is 0.818. The minimum atomic E-state index is -0.906. The zero-order valence-corrected chi connectivity index (χ0v) is 17.2. The average molecular weight is 382 g/mol. The van der Waals surface area contributed by atoms with Gasteiger partial charge in [-0.05, 0) is 19.3 Å². The van der Waals surface area contributed by atoms with Crippen LogP contribution < -0.4 is 5.32 Å². The summed E-state index contributed by atoms with van der Waals surface area (Å²) >= 11 is 0. The van der Waals surface area contributed by atoms with Crippen molar-refractivity contribution in [3.63, 3.8) is 0 Å². The summed E-state index contributed by atoms with van der Waals surface area (Å²) in [6.07, 6.45) is 16.4. The van der Waals surface area contributed by atoms with Crippen molar-refractivity contribution in [1.29, 1.82) is 0 Å². The first-order valence-electron chi connectivity index (χ1n) is 10.9. The third-order valence-electron chi connectivity index (χ3n) is 5.25. The molecule has 1 saturated carbocycles. The van der Waals surface area contributed by atoms with Gasteiger partial charge in [0.15, 0.2) is 0 Å². The van der Waals surface area contributed by atoms with E-state index in [4.69, 9.17) is 9.47 Å². The molecule has 1 fully saturated rings. The zero-order valence-electron chi connectivity index (χ0n) is 17.2. The van der Waals surface area contributed by atoms with Gasteiger partial charge >= 0.3 is 12.1 Å². The van der Waals surface area contributed by atoms with Gasteiger partial charge in [0.25, 0.3) is 0 Å². The third kappa shape index (κ3) is 9.83. The smallest absolute Gasteiger partial charge is 0.408 e. The molecule has 1 amide bonds. The van der Waals surface area contributed by atoms with E-state index in [1.54, 1.807) is 0 Å². The molecule has 1 rings (SSSR count). The lowest BCUT2D eigenvalue weighted by molar-refractivity contribution is -0.151. The second-order valence-corrected chi connectivity index (χ2v) is 7.62. The number of carbonyl (C=O) groups excluding carboxylic acids is 2. The summed E-state index contributed by atoms with van der Waals surface area (Å²) < 4.78 is 10.4. The number of unbranched alkanes of at least 4 members (excludes halogenated alkanes) is 9. The van der Waals surface area contributed by atoms with E-state index in [2.05, 4.69) is 18.8 Å². The number of alkyl carbamates (subject to hydrolysis) is 1. The van der Waals surface area contributed by atoms with E-state index in [1.807, 2.05) is 0 Å². The number of amides is 1. The number of ether oxygens (including phenoxy) is 2. The molecule has 5 nitrogen and oxygen atoms in total. The largest absolute Gasteiger partial charge is 0.464 e. The molecule has 156 valence electrons. The first-order chi connectivity index (χ1) is 13.1. The maximum Gasteiger partial charge on any atom is 0.408 e. The zero-order chi connectivity index (χ0) is 19.8. The van der Waals surface area contributed by atoms with E-state index in [0.717, 1.165) is 25.7 Å². The Morgan fingerprint density at radius 1 is 0.926 bits per heavy atom. The van der Waals surface area contributed by atoms with Crippen LogP contribution in [0.3, 0.4) is 0 Å². The summed E-state index contributed by atoms with van der Waals surface area (Å²) in [6.45, 7) is 6.32. The SMILES string of the molecule is C=CCOC(=O)NC1(C(=O)OCCCCCCCCCCCC)CCCC1. The van der Waals surface area contributed by atoms with Crippen molar-refractivity contribution in [1.82, 2.24) is 5.32 Å². The van der Waals surface area contributed by atoms with Gasteiger partial charge in [-0.25, -0.2) is 9.59 Å². The Balaban J connectivity index is 2.14. The van der Waals surface area contributed by atoms with E-state index >= 15 is 0 Å². The minimum Gasteiger partial charge on any atom is -0.464 e. The van der Waals surface area contributed by atoms with Gasteiger partial charge in [-0.3, -0.25) is 0 Å². The predicted octanol–water partition coefficient (Wildman–Crippen LogP) is 5.68. The van der Waals surface area contributed by atoms with Crippen LogP contribution in [0.2, 0.25) is 0 Å². The van der Waals surface area contributed by atoms with E-state index < -0.39 is 11.6 Å². The molecule has 0 bridgehead atoms. The molecule has 0 atom stereocenters. The van der Waals surface area contributed by atoms with Gasteiger partial charge in [0.05, 0.1) is 6.61 Å². The average Bonchev–Trinajstić information content (AvgIpc) is 3.14. The van der Waals surface area contributed by atoms with Gasteiger partial charge in [0, 0.05) is 0 Å². The monoisotopic (exact) mass is 381 g/mol. The van der Waals surface area contributed by atoms with E-state index in [9.17, 15) is 9.59 Å². The number of rotatable bonds is 15. The van der Waals surface area contributed by atoms with Crippen molar-refractivity contribution in [3.05, 3.63) is 12.7 Å². The van der Waals surface area contributed by atoms with Crippen LogP contribution in [0.25, 0.3) is 0 Å². The van der Waals surface area contributed by atoms with Crippen molar-refractivity contribution in [3.8, 4) is 0 Å². The summed E-state index contributed by atoms with van der Waals surface area (Å²) in [4.78, 5) is 24.4. The van der Waals surface area contributed by atoms with Gasteiger partial charge in [-0.2, -0.15) is 0 Å². The standard InChI is InChI=1S/C22H39NO4/c1-3-5-6-7-8-9-10-11-12-15-19-26-20(24)22(16-13-14-17-22)23-21(25)27-18-4-2/h4H,2-3,5-19H2,1H3,(H,23,25). The number of hydrogen-bond acceptors (Lipinski definition) is 4. The van der Waals surface area contributed by atoms with Crippen LogP contribution in [-0.4, -0.2) is 30.8 Å². The Morgan fingerprint density at radius 2 is 1.48 bits per heavy atom. The summed E-state index contributed by atoms with van der Waals surface area (Å²) in [5.74, 6) is -0.313. The van der Waals surface area contributed by atoms with Gasteiger partial charge < -0.3 is 14.8 Å². The van der Waals surface area contributed by atoms with Gasteiger partial charge in [0.1, 0.15) is 12.1 Å². The van der Waals surface area contributed by atoms with E-state index in [1.165, 1.54) is 57.4 Å². The summed E-state index contributed by atoms with van der Waals surface area (Å²) in [7, 11) is 0. The molecule has 0 radical (unpaired) electrons. The predicted molar refractivity (Wildman–Crippen MR) is 109 cm³/mol. The van der Waals surface area contributed by atoms with Crippen molar-refractivity contribution >= 4 is 12.1 Å². The fourth-order valence-electron chi connectivity index (χ4n) is 3.62. The molecular weight excluding hydrogens is 342 g/mol. The molecule has 0 aliphatic heterocycles. The first-order valence-corrected chi connectivity index (χ1v) is 10.9. The van der Waals surface area contributed by atoms with Crippen LogP contribution >= 0.6 is 0 Å². The molecule has 1 N–H and O–H groups in total. The van der Waals surface area contributed by atoms with Gasteiger partial charge in [-0.1, -0.05) is 90.2 Å². The molecule has 0 spiro atoms. The minimum absolute atomic E-state index is 0.134. The quantitative estimate of drug-likeness (QED) is 0.225. The summed E-state index contributed by atoms with van der Waals surface area (Å²) in [5.41, 5.74) is -0.906. The van der Waals surface area contributed by atoms with Crippen molar-refractivity contribution < 1.29 is 19.1 Å². The van der Waals surface area contributed by atoms with Crippen molar-refractivity contribution in [2.24, 2.45) is 0 Å². The lowest BCUT2D eigenvalue weighted by Crippen LogP contribution is -2.53. The molecule has 0 aromatic heterocycles. The van der Waals surface area contributed by atoms with Crippen molar-refractivity contribution in [2.75, 3.05) is 13.2 Å². The van der Waals surface area contributed by atoms with Crippen LogP contribution in [0.15, 0.2) is 12.7 Å². The molecule has 1 aliphatic carbocycles. The Labute approximate surface area is 165 Å². The second kappa shape index (κ2) is 14.5. The highest BCUT2D eigenvalue weighted by atomic mass is 16.6. The summed E-state index contributed by atoms with van der Waals surface area (Å²) in [6, 6.07) is 0. The Bertz CT molecular complexity index is 430. The molecule has 0 aromatic rings. The topological polar surface area (TPSA) is 64.6 Å². The second-order valence-electron chi connectivity index (χ2n) is 7.62. The highest BCUT2D eigenvalue weighted by Crippen LogP contribution is 2.31. The maximum absolute atomic E-state index is 12.5. The summed E-state index contributed by atoms with van der Waals surface area (Å²) in [5, 5.41) is 2.73. The fourth-order valence-corrected chi connectivity index (χ4v) is 3.62. The third-order valence-corrected chi connectivity index (χ3v) is 5.25. The molecule has 0 heterocycles. The molecule has 0 saturated heterocycles. The van der Waals surface area contributed by atoms with Gasteiger partial charge in [0.2, 0.25) is 0 Å². The Hall–Kier alpha value is -1.52. The van der Waals surface area contributed by atoms with Crippen LogP contribution in [0, 0.1) is 0 Å². The van der Waals surface area contributed by atoms with Crippen LogP contribution in [0.1, 0.15) is 96.8 Å². The first kappa shape index (κ1) is 23.5. The lowest BCUT2D eigenvalue weighted by atomic mass is 9.98. The highest BCUT2D eigenvalue weighted by molar-refractivity contribution is 5.86. The molecule has 0 unspecified atom stereocenters. The number of esters is 1. The number of hydrogen-bond donors (Lipinski definition) is 1. The van der Waals surface area contributed by atoms with Crippen molar-refractivity contribution in [2.45, 2.75) is 102 Å². The van der Waals surface area contributed by atoms with E-state index in [-0.39, 0.29) is 12.6 Å². The molecule has 5 heteroatoms. The molecule has 27 heavy (non-hydrogen) atoms. The molecule has 1 aliphatic rings. The maximum atomic E-state index is 12.5. The van der Waals surface area contributed by atoms with Crippen LogP contribution in [0.4, 0.5) is 4.79 Å². The van der Waals surface area contributed by atoms with E-state index in [0.29, 0.717) is 19.4 Å². The van der Waals surface area contributed by atoms with Gasteiger partial charge in [-0.15, -0.1) is 0 Å². The number of carbonyl (C=O) groups is 2. The highest BCUT2D eigenvalue weighted by Gasteiger charge is 2.44. The van der Waals surface area contributed by atoms with Crippen LogP contribution in [0.5, 0.6) is 0 Å². The lowest BCUT2D eigenvalue weighted by Gasteiger charge is -2.27. The Morgan fingerprint density at radius 3 is 2.04 bits per heavy atom. The Kier molecular flexibility index (Phi) is 12.7. The molecular formula is C22H39NO4. The van der Waals surface area contributed by atoms with Crippen LogP contribution in [-0.2, 0) is 14.3 Å². The normalized spacial score (nSPS) is 15.3. The molecule has 0 aromatic carbocycles. The number of nitrogens with one attached hydrogen (secondary N) is 1.